The molecule has 10 heteroatoms. The molecule has 39 heavy (non-hydrogen) atoms. The quantitative estimate of drug-likeness (QED) is 0.558. The molecule has 3 heterocycles. The summed E-state index contributed by atoms with van der Waals surface area (Å²) in [6, 6.07) is 11.4. The molecule has 3 amide bonds. The van der Waals surface area contributed by atoms with Gasteiger partial charge >= 0.3 is 6.03 Å². The smallest absolute Gasteiger partial charge is 0.317 e. The van der Waals surface area contributed by atoms with E-state index in [9.17, 15) is 9.59 Å². The van der Waals surface area contributed by atoms with Crippen LogP contribution in [0.25, 0.3) is 0 Å². The Morgan fingerprint density at radius 2 is 1.85 bits per heavy atom. The summed E-state index contributed by atoms with van der Waals surface area (Å²) in [5.41, 5.74) is 5.12. The molecule has 10 nitrogen and oxygen atoms in total. The summed E-state index contributed by atoms with van der Waals surface area (Å²) in [6.07, 6.45) is 0.558. The van der Waals surface area contributed by atoms with Crippen molar-refractivity contribution in [3.63, 3.8) is 0 Å². The van der Waals surface area contributed by atoms with Crippen molar-refractivity contribution in [2.45, 2.75) is 33.2 Å². The van der Waals surface area contributed by atoms with Crippen molar-refractivity contribution in [1.29, 1.82) is 0 Å². The minimum absolute atomic E-state index is 0.0685. The van der Waals surface area contributed by atoms with Gasteiger partial charge in [-0.15, -0.1) is 0 Å². The topological polar surface area (TPSA) is 95.9 Å². The van der Waals surface area contributed by atoms with Gasteiger partial charge in [0.2, 0.25) is 6.79 Å². The fourth-order valence-corrected chi connectivity index (χ4v) is 5.05. The minimum Gasteiger partial charge on any atom is -0.454 e. The van der Waals surface area contributed by atoms with Gasteiger partial charge in [-0.25, -0.2) is 9.80 Å². The number of rotatable bonds is 8. The zero-order chi connectivity index (χ0) is 27.4. The lowest BCUT2D eigenvalue weighted by atomic mass is 9.96. The van der Waals surface area contributed by atoms with E-state index in [4.69, 9.17) is 19.3 Å². The number of morpholine rings is 1. The highest BCUT2D eigenvalue weighted by Gasteiger charge is 2.35. The van der Waals surface area contributed by atoms with Crippen molar-refractivity contribution in [2.24, 2.45) is 5.10 Å². The van der Waals surface area contributed by atoms with Crippen LogP contribution in [0.4, 0.5) is 4.79 Å². The Kier molecular flexibility index (Phi) is 8.33. The number of hydrazone groups is 1. The second-order valence-electron chi connectivity index (χ2n) is 10.1. The highest BCUT2D eigenvalue weighted by Crippen LogP contribution is 2.39. The molecule has 0 radical (unpaired) electrons. The Hall–Kier alpha value is -3.63. The van der Waals surface area contributed by atoms with Crippen LogP contribution in [0.5, 0.6) is 11.5 Å². The van der Waals surface area contributed by atoms with Crippen molar-refractivity contribution in [3.8, 4) is 11.5 Å². The molecule has 0 aromatic heterocycles. The number of carbonyl (C=O) groups is 2. The summed E-state index contributed by atoms with van der Waals surface area (Å²) in [5, 5.41) is 9.23. The first kappa shape index (κ1) is 27.0. The van der Waals surface area contributed by atoms with Crippen LogP contribution in [-0.2, 0) is 9.53 Å². The van der Waals surface area contributed by atoms with Gasteiger partial charge in [0.25, 0.3) is 5.91 Å². The zero-order valence-corrected chi connectivity index (χ0v) is 22.9. The highest BCUT2D eigenvalue weighted by molar-refractivity contribution is 6.03. The molecule has 2 aromatic carbocycles. The summed E-state index contributed by atoms with van der Waals surface area (Å²) in [6.45, 7) is 10.7. The molecule has 2 aromatic rings. The maximum absolute atomic E-state index is 13.8. The molecule has 0 spiro atoms. The monoisotopic (exact) mass is 535 g/mol. The first-order valence-corrected chi connectivity index (χ1v) is 13.6. The molecule has 5 rings (SSSR count). The van der Waals surface area contributed by atoms with Crippen LogP contribution in [0, 0.1) is 13.8 Å². The average molecular weight is 536 g/mol. The summed E-state index contributed by atoms with van der Waals surface area (Å²) in [5.74, 6) is 1.12. The molecular formula is C29H37N5O5. The summed E-state index contributed by atoms with van der Waals surface area (Å²) >= 11 is 0. The van der Waals surface area contributed by atoms with Crippen molar-refractivity contribution in [2.75, 3.05) is 59.3 Å². The standard InChI is InChI=1S/C29H37N5O5/c1-4-30-29(36)33(10-9-32-11-13-37-14-12-32)18-28(35)34-25(23-7-8-26-27(16-23)39-19-38-26)17-24(31-34)22-6-5-20(2)21(3)15-22/h5-8,15-16,25H,4,9-14,17-19H2,1-3H3,(H,30,36)/t25-/m0/s1. The van der Waals surface area contributed by atoms with E-state index >= 15 is 0 Å². The van der Waals surface area contributed by atoms with E-state index in [-0.39, 0.29) is 31.3 Å². The van der Waals surface area contributed by atoms with Gasteiger partial charge in [-0.05, 0) is 61.2 Å². The number of carbonyl (C=O) groups excluding carboxylic acids is 2. The largest absolute Gasteiger partial charge is 0.454 e. The molecule has 0 bridgehead atoms. The first-order valence-electron chi connectivity index (χ1n) is 13.6. The van der Waals surface area contributed by atoms with Crippen molar-refractivity contribution in [3.05, 3.63) is 58.7 Å². The maximum Gasteiger partial charge on any atom is 0.317 e. The maximum atomic E-state index is 13.8. The number of nitrogens with zero attached hydrogens (tertiary/aromatic N) is 4. The van der Waals surface area contributed by atoms with E-state index in [1.807, 2.05) is 25.1 Å². The van der Waals surface area contributed by atoms with Crippen molar-refractivity contribution in [1.82, 2.24) is 20.1 Å². The van der Waals surface area contributed by atoms with Crippen LogP contribution in [0.1, 0.15) is 41.6 Å². The van der Waals surface area contributed by atoms with Gasteiger partial charge in [0.1, 0.15) is 6.54 Å². The molecule has 208 valence electrons. The average Bonchev–Trinajstić information content (AvgIpc) is 3.60. The van der Waals surface area contributed by atoms with Gasteiger partial charge in [0, 0.05) is 39.1 Å². The number of nitrogens with one attached hydrogen (secondary N) is 1. The van der Waals surface area contributed by atoms with E-state index in [2.05, 4.69) is 42.3 Å². The summed E-state index contributed by atoms with van der Waals surface area (Å²) in [4.78, 5) is 30.6. The Labute approximate surface area is 229 Å². The second-order valence-corrected chi connectivity index (χ2v) is 10.1. The molecule has 3 aliphatic heterocycles. The SMILES string of the molecule is CCNC(=O)N(CCN1CCOCC1)CC(=O)N1N=C(c2ccc(C)c(C)c2)C[C@H]1c1ccc2c(c1)OCO2. The third-order valence-corrected chi connectivity index (χ3v) is 7.52. The number of benzene rings is 2. The molecule has 1 N–H and O–H groups in total. The highest BCUT2D eigenvalue weighted by atomic mass is 16.7. The number of hydrogen-bond donors (Lipinski definition) is 1. The second kappa shape index (κ2) is 12.0. The van der Waals surface area contributed by atoms with Crippen LogP contribution in [-0.4, -0.2) is 91.7 Å². The van der Waals surface area contributed by atoms with E-state index in [1.54, 1.807) is 9.91 Å². The third kappa shape index (κ3) is 6.17. The van der Waals surface area contributed by atoms with Crippen LogP contribution >= 0.6 is 0 Å². The van der Waals surface area contributed by atoms with Crippen LogP contribution in [0.15, 0.2) is 41.5 Å². The van der Waals surface area contributed by atoms with Gasteiger partial charge in [-0.1, -0.05) is 18.2 Å². The Balaban J connectivity index is 1.39. The van der Waals surface area contributed by atoms with Crippen LogP contribution in [0.2, 0.25) is 0 Å². The van der Waals surface area contributed by atoms with E-state index in [0.29, 0.717) is 50.8 Å². The fraction of sp³-hybridized carbons (Fsp3) is 0.483. The van der Waals surface area contributed by atoms with Crippen LogP contribution < -0.4 is 14.8 Å². The Morgan fingerprint density at radius 3 is 2.62 bits per heavy atom. The van der Waals surface area contributed by atoms with E-state index in [1.165, 1.54) is 11.1 Å². The predicted molar refractivity (Wildman–Crippen MR) is 147 cm³/mol. The molecule has 0 aliphatic carbocycles. The van der Waals surface area contributed by atoms with E-state index < -0.39 is 0 Å². The van der Waals surface area contributed by atoms with Gasteiger partial charge in [-0.2, -0.15) is 5.10 Å². The zero-order valence-electron chi connectivity index (χ0n) is 22.9. The van der Waals surface area contributed by atoms with Gasteiger partial charge in [0.05, 0.1) is 25.0 Å². The molecular weight excluding hydrogens is 498 g/mol. The van der Waals surface area contributed by atoms with Crippen LogP contribution in [0.3, 0.4) is 0 Å². The van der Waals surface area contributed by atoms with E-state index in [0.717, 1.165) is 29.9 Å². The molecule has 0 unspecified atom stereocenters. The fourth-order valence-electron chi connectivity index (χ4n) is 5.05. The lowest BCUT2D eigenvalue weighted by molar-refractivity contribution is -0.133. The molecule has 1 fully saturated rings. The minimum atomic E-state index is -0.320. The van der Waals surface area contributed by atoms with Gasteiger partial charge in [-0.3, -0.25) is 9.69 Å². The lowest BCUT2D eigenvalue weighted by Crippen LogP contribution is -2.49. The van der Waals surface area contributed by atoms with Gasteiger partial charge in [0.15, 0.2) is 11.5 Å². The Morgan fingerprint density at radius 1 is 1.05 bits per heavy atom. The van der Waals surface area contributed by atoms with Crippen molar-refractivity contribution < 1.29 is 23.8 Å². The number of fused-ring (bicyclic) bond motifs is 1. The lowest BCUT2D eigenvalue weighted by Gasteiger charge is -2.31. The first-order chi connectivity index (χ1) is 18.9. The Bertz CT molecular complexity index is 1240. The van der Waals surface area contributed by atoms with Crippen molar-refractivity contribution >= 4 is 17.6 Å². The molecule has 3 aliphatic rings. The number of urea groups is 1. The summed E-state index contributed by atoms with van der Waals surface area (Å²) < 4.78 is 16.5. The normalized spacial score (nSPS) is 18.7. The number of ether oxygens (including phenoxy) is 3. The molecule has 0 saturated carbocycles. The predicted octanol–water partition coefficient (Wildman–Crippen LogP) is 3.07. The number of hydrogen-bond acceptors (Lipinski definition) is 7. The summed E-state index contributed by atoms with van der Waals surface area (Å²) in [7, 11) is 0. The molecule has 1 saturated heterocycles. The molecule has 1 atom stereocenters. The number of aryl methyl sites for hydroxylation is 2. The van der Waals surface area contributed by atoms with Gasteiger partial charge < -0.3 is 24.4 Å². The number of amides is 3. The third-order valence-electron chi connectivity index (χ3n) is 7.52.